The van der Waals surface area contributed by atoms with Crippen molar-refractivity contribution in [2.75, 3.05) is 19.0 Å². The zero-order valence-electron chi connectivity index (χ0n) is 11.9. The molecule has 0 saturated carbocycles. The molecule has 0 spiro atoms. The molecule has 2 amide bonds. The Morgan fingerprint density at radius 1 is 1.14 bits per heavy atom. The Hall–Kier alpha value is -2.34. The molecule has 0 fully saturated rings. The number of nitrogens with one attached hydrogen (secondary N) is 2. The predicted molar refractivity (Wildman–Crippen MR) is 88.1 cm³/mol. The first-order valence-corrected chi connectivity index (χ1v) is 7.36. The average Bonchev–Trinajstić information content (AvgIpc) is 2.55. The van der Waals surface area contributed by atoms with Gasteiger partial charge in [0.1, 0.15) is 5.75 Å². The molecule has 0 bridgehead atoms. The number of benzene rings is 2. The van der Waals surface area contributed by atoms with Gasteiger partial charge in [-0.2, -0.15) is 0 Å². The van der Waals surface area contributed by atoms with Gasteiger partial charge in [-0.3, -0.25) is 9.59 Å². The number of anilines is 1. The van der Waals surface area contributed by atoms with Crippen LogP contribution in [0.4, 0.5) is 5.69 Å². The Morgan fingerprint density at radius 2 is 1.91 bits per heavy atom. The fourth-order valence-corrected chi connectivity index (χ4v) is 2.17. The third-order valence-corrected chi connectivity index (χ3v) is 3.58. The maximum Gasteiger partial charge on any atom is 0.251 e. The SMILES string of the molecule is COc1cccc(C(=O)NCC(=O)Nc2ccccc2Br)c1. The van der Waals surface area contributed by atoms with Crippen LogP contribution < -0.4 is 15.4 Å². The molecule has 2 aromatic carbocycles. The average molecular weight is 363 g/mol. The first kappa shape index (κ1) is 16.0. The van der Waals surface area contributed by atoms with E-state index in [2.05, 4.69) is 26.6 Å². The number of rotatable bonds is 5. The van der Waals surface area contributed by atoms with Crippen molar-refractivity contribution in [2.45, 2.75) is 0 Å². The molecule has 2 rings (SSSR count). The number of para-hydroxylation sites is 1. The van der Waals surface area contributed by atoms with Gasteiger partial charge in [0, 0.05) is 10.0 Å². The molecular formula is C16H15BrN2O3. The highest BCUT2D eigenvalue weighted by Crippen LogP contribution is 2.20. The molecule has 114 valence electrons. The minimum absolute atomic E-state index is 0.114. The van der Waals surface area contributed by atoms with Gasteiger partial charge in [-0.25, -0.2) is 0 Å². The minimum Gasteiger partial charge on any atom is -0.497 e. The Balaban J connectivity index is 1.90. The number of carbonyl (C=O) groups excluding carboxylic acids is 2. The van der Waals surface area contributed by atoms with E-state index in [1.54, 1.807) is 30.3 Å². The summed E-state index contributed by atoms with van der Waals surface area (Å²) in [7, 11) is 1.53. The van der Waals surface area contributed by atoms with Crippen LogP contribution in [0, 0.1) is 0 Å². The van der Waals surface area contributed by atoms with Crippen LogP contribution in [0.2, 0.25) is 0 Å². The minimum atomic E-state index is -0.332. The molecule has 2 aromatic rings. The summed E-state index contributed by atoms with van der Waals surface area (Å²) in [5.41, 5.74) is 1.09. The Kier molecular flexibility index (Phi) is 5.55. The van der Waals surface area contributed by atoms with Gasteiger partial charge in [-0.05, 0) is 46.3 Å². The first-order valence-electron chi connectivity index (χ1n) is 6.57. The highest BCUT2D eigenvalue weighted by molar-refractivity contribution is 9.10. The van der Waals surface area contributed by atoms with E-state index in [0.717, 1.165) is 4.47 Å². The van der Waals surface area contributed by atoms with Gasteiger partial charge >= 0.3 is 0 Å². The second kappa shape index (κ2) is 7.61. The lowest BCUT2D eigenvalue weighted by Gasteiger charge is -2.09. The van der Waals surface area contributed by atoms with E-state index in [-0.39, 0.29) is 18.4 Å². The predicted octanol–water partition coefficient (Wildman–Crippen LogP) is 2.83. The van der Waals surface area contributed by atoms with E-state index in [1.165, 1.54) is 7.11 Å². The van der Waals surface area contributed by atoms with Crippen LogP contribution in [0.1, 0.15) is 10.4 Å². The summed E-state index contributed by atoms with van der Waals surface area (Å²) in [6.45, 7) is -0.114. The first-order chi connectivity index (χ1) is 10.6. The highest BCUT2D eigenvalue weighted by Gasteiger charge is 2.10. The lowest BCUT2D eigenvalue weighted by Crippen LogP contribution is -2.32. The van der Waals surface area contributed by atoms with Gasteiger partial charge in [-0.1, -0.05) is 18.2 Å². The number of hydrogen-bond donors (Lipinski definition) is 2. The smallest absolute Gasteiger partial charge is 0.251 e. The fraction of sp³-hybridized carbons (Fsp3) is 0.125. The van der Waals surface area contributed by atoms with Crippen molar-refractivity contribution in [1.82, 2.24) is 5.32 Å². The van der Waals surface area contributed by atoms with Crippen LogP contribution in [0.15, 0.2) is 53.0 Å². The largest absolute Gasteiger partial charge is 0.497 e. The van der Waals surface area contributed by atoms with Crippen molar-refractivity contribution in [3.8, 4) is 5.75 Å². The second-order valence-electron chi connectivity index (χ2n) is 4.44. The number of halogens is 1. The summed E-state index contributed by atoms with van der Waals surface area (Å²) in [6.07, 6.45) is 0. The van der Waals surface area contributed by atoms with Gasteiger partial charge < -0.3 is 15.4 Å². The normalized spacial score (nSPS) is 9.91. The number of hydrogen-bond acceptors (Lipinski definition) is 3. The van der Waals surface area contributed by atoms with E-state index < -0.39 is 0 Å². The van der Waals surface area contributed by atoms with Crippen molar-refractivity contribution in [2.24, 2.45) is 0 Å². The van der Waals surface area contributed by atoms with E-state index >= 15 is 0 Å². The number of amides is 2. The van der Waals surface area contributed by atoms with Crippen LogP contribution in [-0.4, -0.2) is 25.5 Å². The lowest BCUT2D eigenvalue weighted by molar-refractivity contribution is -0.115. The second-order valence-corrected chi connectivity index (χ2v) is 5.30. The zero-order valence-corrected chi connectivity index (χ0v) is 13.5. The quantitative estimate of drug-likeness (QED) is 0.859. The molecule has 0 radical (unpaired) electrons. The summed E-state index contributed by atoms with van der Waals surface area (Å²) >= 11 is 3.34. The lowest BCUT2D eigenvalue weighted by atomic mass is 10.2. The molecular weight excluding hydrogens is 348 g/mol. The van der Waals surface area contributed by atoms with E-state index in [1.807, 2.05) is 18.2 Å². The zero-order chi connectivity index (χ0) is 15.9. The molecule has 0 unspecified atom stereocenters. The van der Waals surface area contributed by atoms with Gasteiger partial charge in [0.15, 0.2) is 0 Å². The third kappa shape index (κ3) is 4.33. The summed E-state index contributed by atoms with van der Waals surface area (Å²) in [5, 5.41) is 5.28. The summed E-state index contributed by atoms with van der Waals surface area (Å²) in [5.74, 6) is -0.0466. The van der Waals surface area contributed by atoms with Crippen LogP contribution in [0.25, 0.3) is 0 Å². The molecule has 5 nitrogen and oxygen atoms in total. The number of carbonyl (C=O) groups is 2. The van der Waals surface area contributed by atoms with E-state index in [0.29, 0.717) is 17.0 Å². The molecule has 0 saturated heterocycles. The van der Waals surface area contributed by atoms with Crippen LogP contribution in [-0.2, 0) is 4.79 Å². The summed E-state index contributed by atoms with van der Waals surface area (Å²) in [4.78, 5) is 23.8. The standard InChI is InChI=1S/C16H15BrN2O3/c1-22-12-6-4-5-11(9-12)16(21)18-10-15(20)19-14-8-3-2-7-13(14)17/h2-9H,10H2,1H3,(H,18,21)(H,19,20). The van der Waals surface area contributed by atoms with Gasteiger partial charge in [0.05, 0.1) is 19.3 Å². The van der Waals surface area contributed by atoms with Crippen molar-refractivity contribution in [3.05, 3.63) is 58.6 Å². The Morgan fingerprint density at radius 3 is 2.64 bits per heavy atom. The Labute approximate surface area is 136 Å². The molecule has 0 aromatic heterocycles. The van der Waals surface area contributed by atoms with E-state index in [4.69, 9.17) is 4.74 Å². The molecule has 6 heteroatoms. The Bertz CT molecular complexity index is 689. The van der Waals surface area contributed by atoms with Gasteiger partial charge in [0.2, 0.25) is 5.91 Å². The monoisotopic (exact) mass is 362 g/mol. The maximum atomic E-state index is 12.0. The molecule has 22 heavy (non-hydrogen) atoms. The summed E-state index contributed by atoms with van der Waals surface area (Å²) in [6, 6.07) is 14.0. The van der Waals surface area contributed by atoms with Crippen molar-refractivity contribution in [1.29, 1.82) is 0 Å². The van der Waals surface area contributed by atoms with E-state index in [9.17, 15) is 9.59 Å². The molecule has 0 atom stereocenters. The van der Waals surface area contributed by atoms with Crippen molar-refractivity contribution in [3.63, 3.8) is 0 Å². The van der Waals surface area contributed by atoms with Crippen molar-refractivity contribution < 1.29 is 14.3 Å². The third-order valence-electron chi connectivity index (χ3n) is 2.89. The maximum absolute atomic E-state index is 12.0. The van der Waals surface area contributed by atoms with Crippen LogP contribution >= 0.6 is 15.9 Å². The molecule has 0 aliphatic carbocycles. The van der Waals surface area contributed by atoms with Gasteiger partial charge in [-0.15, -0.1) is 0 Å². The topological polar surface area (TPSA) is 67.4 Å². The van der Waals surface area contributed by atoms with Gasteiger partial charge in [0.25, 0.3) is 5.91 Å². The number of methoxy groups -OCH3 is 1. The van der Waals surface area contributed by atoms with Crippen molar-refractivity contribution >= 4 is 33.4 Å². The van der Waals surface area contributed by atoms with Crippen LogP contribution in [0.3, 0.4) is 0 Å². The summed E-state index contributed by atoms with van der Waals surface area (Å²) < 4.78 is 5.84. The molecule has 0 heterocycles. The number of ether oxygens (including phenoxy) is 1. The highest BCUT2D eigenvalue weighted by atomic mass is 79.9. The molecule has 0 aliphatic rings. The molecule has 0 aliphatic heterocycles. The molecule has 2 N–H and O–H groups in total. The fourth-order valence-electron chi connectivity index (χ4n) is 1.78. The van der Waals surface area contributed by atoms with Crippen LogP contribution in [0.5, 0.6) is 5.75 Å².